The molecule has 3 aliphatic rings. The highest BCUT2D eigenvalue weighted by molar-refractivity contribution is 5.86. The number of hydrogen-bond donors (Lipinski definition) is 3. The number of imidazole rings is 2. The number of H-pyrrole nitrogens is 2. The van der Waals surface area contributed by atoms with Crippen LogP contribution in [0.15, 0.2) is 66.9 Å². The molecule has 13 nitrogen and oxygen atoms in total. The maximum Gasteiger partial charge on any atom is 0.410 e. The number of aromatic nitrogens is 4. The quantitative estimate of drug-likeness (QED) is 0.179. The van der Waals surface area contributed by atoms with Gasteiger partial charge in [-0.25, -0.2) is 19.6 Å². The van der Waals surface area contributed by atoms with Crippen molar-refractivity contribution in [3.8, 4) is 33.6 Å². The van der Waals surface area contributed by atoms with Gasteiger partial charge >= 0.3 is 12.2 Å². The van der Waals surface area contributed by atoms with Crippen molar-refractivity contribution in [2.24, 2.45) is 0 Å². The molecule has 3 atom stereocenters. The Morgan fingerprint density at radius 1 is 0.870 bits per heavy atom. The summed E-state index contributed by atoms with van der Waals surface area (Å²) in [5, 5.41) is 2.73. The van der Waals surface area contributed by atoms with Crippen LogP contribution in [-0.2, 0) is 25.6 Å². The highest BCUT2D eigenvalue weighted by Crippen LogP contribution is 2.36. The standard InChI is InChI=1S/C41H49N7O6/c1-41(2,3)54-40(51)48-22-9-11-33(48)36-42-24-31(43-36)28-17-13-26(14-18-28)27-15-19-29(20-16-27)35-32-25-53-23-7-5-6-10-30(45-39(50)52-4)38(49)47-21-8-12-34(47)37(44-32)46-35/h5,7,13-20,24,30,33-34H,6,8-12,21-23,25H2,1-4H3,(H,42,43)(H,44,46)(H,45,50)/t30-,33-,34-/m0/s1. The molecule has 54 heavy (non-hydrogen) atoms. The number of carbonyl (C=O) groups excluding carboxylic acids is 3. The second-order valence-corrected chi connectivity index (χ2v) is 15.0. The molecule has 2 saturated heterocycles. The lowest BCUT2D eigenvalue weighted by atomic mass is 10.0. The molecule has 2 aromatic heterocycles. The lowest BCUT2D eigenvalue weighted by Gasteiger charge is -2.28. The van der Waals surface area contributed by atoms with Crippen LogP contribution in [0.3, 0.4) is 0 Å². The van der Waals surface area contributed by atoms with Crippen LogP contribution in [0.25, 0.3) is 33.6 Å². The molecule has 2 fully saturated rings. The maximum absolute atomic E-state index is 13.8. The molecule has 2 bridgehead atoms. The van der Waals surface area contributed by atoms with E-state index in [0.717, 1.165) is 70.8 Å². The summed E-state index contributed by atoms with van der Waals surface area (Å²) in [6, 6.07) is 15.5. The summed E-state index contributed by atoms with van der Waals surface area (Å²) in [4.78, 5) is 59.1. The Morgan fingerprint density at radius 2 is 1.56 bits per heavy atom. The van der Waals surface area contributed by atoms with Gasteiger partial charge in [-0.3, -0.25) is 9.69 Å². The van der Waals surface area contributed by atoms with E-state index >= 15 is 0 Å². The van der Waals surface area contributed by atoms with Crippen LogP contribution in [0.2, 0.25) is 0 Å². The van der Waals surface area contributed by atoms with Gasteiger partial charge < -0.3 is 34.4 Å². The highest BCUT2D eigenvalue weighted by atomic mass is 16.6. The minimum atomic E-state index is -0.701. The number of amides is 3. The second-order valence-electron chi connectivity index (χ2n) is 15.0. The van der Waals surface area contributed by atoms with Gasteiger partial charge in [0.05, 0.1) is 49.5 Å². The minimum Gasteiger partial charge on any atom is -0.453 e. The lowest BCUT2D eigenvalue weighted by molar-refractivity contribution is -0.134. The molecule has 0 spiro atoms. The number of nitrogens with zero attached hydrogens (tertiary/aromatic N) is 4. The van der Waals surface area contributed by atoms with Crippen LogP contribution >= 0.6 is 0 Å². The third kappa shape index (κ3) is 8.20. The van der Waals surface area contributed by atoms with E-state index in [1.165, 1.54) is 7.11 Å². The zero-order chi connectivity index (χ0) is 37.8. The fraction of sp³-hybridized carbons (Fsp3) is 0.439. The number of methoxy groups -OCH3 is 1. The molecule has 0 unspecified atom stereocenters. The number of alkyl carbamates (subject to hydrolysis) is 1. The van der Waals surface area contributed by atoms with Crippen LogP contribution in [0.1, 0.15) is 88.7 Å². The molecule has 3 N–H and O–H groups in total. The third-order valence-corrected chi connectivity index (χ3v) is 10.1. The van der Waals surface area contributed by atoms with Crippen LogP contribution in [-0.4, -0.2) is 86.3 Å². The van der Waals surface area contributed by atoms with E-state index in [2.05, 4.69) is 63.8 Å². The topological polar surface area (TPSA) is 155 Å². The number of likely N-dealkylation sites (tertiary alicyclic amines) is 1. The molecule has 5 heterocycles. The van der Waals surface area contributed by atoms with Crippen molar-refractivity contribution in [3.05, 3.63) is 84.2 Å². The molecule has 3 amide bonds. The second kappa shape index (κ2) is 15.9. The first-order chi connectivity index (χ1) is 26.1. The van der Waals surface area contributed by atoms with Gasteiger partial charge in [0.1, 0.15) is 23.3 Å². The predicted octanol–water partition coefficient (Wildman–Crippen LogP) is 7.46. The number of carbonyl (C=O) groups is 3. The fourth-order valence-corrected chi connectivity index (χ4v) is 7.48. The largest absolute Gasteiger partial charge is 0.453 e. The van der Waals surface area contributed by atoms with Gasteiger partial charge in [0.15, 0.2) is 0 Å². The van der Waals surface area contributed by atoms with Gasteiger partial charge in [-0.05, 0) is 70.4 Å². The number of allylic oxidation sites excluding steroid dienone is 1. The zero-order valence-electron chi connectivity index (χ0n) is 31.4. The van der Waals surface area contributed by atoms with Crippen molar-refractivity contribution in [1.29, 1.82) is 0 Å². The summed E-state index contributed by atoms with van der Waals surface area (Å²) in [5.74, 6) is 1.35. The molecule has 0 radical (unpaired) electrons. The van der Waals surface area contributed by atoms with E-state index in [4.69, 9.17) is 24.2 Å². The first kappa shape index (κ1) is 36.9. The van der Waals surface area contributed by atoms with E-state index in [1.807, 2.05) is 44.0 Å². The Hall–Kier alpha value is -5.43. The summed E-state index contributed by atoms with van der Waals surface area (Å²) < 4.78 is 16.5. The van der Waals surface area contributed by atoms with E-state index in [0.29, 0.717) is 45.0 Å². The molecule has 284 valence electrons. The van der Waals surface area contributed by atoms with Gasteiger partial charge in [0.2, 0.25) is 5.91 Å². The monoisotopic (exact) mass is 735 g/mol. The Labute approximate surface area is 315 Å². The summed E-state index contributed by atoms with van der Waals surface area (Å²) in [5.41, 5.74) is 5.94. The van der Waals surface area contributed by atoms with Gasteiger partial charge in [-0.15, -0.1) is 0 Å². The first-order valence-electron chi connectivity index (χ1n) is 18.8. The summed E-state index contributed by atoms with van der Waals surface area (Å²) in [7, 11) is 1.30. The summed E-state index contributed by atoms with van der Waals surface area (Å²) in [6.07, 6.45) is 9.28. The molecule has 3 aliphatic heterocycles. The third-order valence-electron chi connectivity index (χ3n) is 10.1. The van der Waals surface area contributed by atoms with Gasteiger partial charge in [-0.2, -0.15) is 0 Å². The zero-order valence-corrected chi connectivity index (χ0v) is 31.4. The maximum atomic E-state index is 13.8. The van der Waals surface area contributed by atoms with Crippen molar-refractivity contribution in [1.82, 2.24) is 35.1 Å². The van der Waals surface area contributed by atoms with Crippen LogP contribution in [0.5, 0.6) is 0 Å². The number of hydrogen-bond acceptors (Lipinski definition) is 8. The molecule has 0 saturated carbocycles. The van der Waals surface area contributed by atoms with Crippen molar-refractivity contribution in [2.75, 3.05) is 26.8 Å². The van der Waals surface area contributed by atoms with E-state index in [1.54, 1.807) is 4.90 Å². The van der Waals surface area contributed by atoms with Crippen molar-refractivity contribution in [2.45, 2.75) is 89.6 Å². The van der Waals surface area contributed by atoms with Crippen molar-refractivity contribution >= 4 is 18.1 Å². The van der Waals surface area contributed by atoms with E-state index < -0.39 is 17.7 Å². The van der Waals surface area contributed by atoms with E-state index in [9.17, 15) is 14.4 Å². The van der Waals surface area contributed by atoms with Crippen LogP contribution < -0.4 is 5.32 Å². The van der Waals surface area contributed by atoms with Crippen molar-refractivity contribution < 1.29 is 28.6 Å². The molecular formula is C41H49N7O6. The molecule has 7 rings (SSSR count). The average Bonchev–Trinajstić information content (AvgIpc) is 3.99. The lowest BCUT2D eigenvalue weighted by Crippen LogP contribution is -2.48. The van der Waals surface area contributed by atoms with Gasteiger partial charge in [-0.1, -0.05) is 60.7 Å². The number of aromatic amines is 2. The van der Waals surface area contributed by atoms with Gasteiger partial charge in [0.25, 0.3) is 0 Å². The number of nitrogens with one attached hydrogen (secondary N) is 3. The van der Waals surface area contributed by atoms with Crippen LogP contribution in [0, 0.1) is 0 Å². The Balaban J connectivity index is 1.07. The van der Waals surface area contributed by atoms with Crippen molar-refractivity contribution in [3.63, 3.8) is 0 Å². The number of benzene rings is 2. The Kier molecular flexibility index (Phi) is 10.9. The fourth-order valence-electron chi connectivity index (χ4n) is 7.48. The number of ether oxygens (including phenoxy) is 3. The molecule has 0 aliphatic carbocycles. The highest BCUT2D eigenvalue weighted by Gasteiger charge is 2.37. The number of rotatable bonds is 5. The molecule has 13 heteroatoms. The Bertz CT molecular complexity index is 1980. The minimum absolute atomic E-state index is 0.133. The average molecular weight is 736 g/mol. The molecular weight excluding hydrogens is 686 g/mol. The first-order valence-corrected chi connectivity index (χ1v) is 18.8. The smallest absolute Gasteiger partial charge is 0.410 e. The SMILES string of the molecule is COC(=O)N[C@H]1CCC=CCOCc2[nH]c(nc2-c2ccc(-c3ccc(-c4c[nH]c([C@@H]5CCCN5C(=O)OC(C)(C)C)n4)cc3)cc2)[C@@H]2CCCN2C1=O. The predicted molar refractivity (Wildman–Crippen MR) is 203 cm³/mol. The van der Waals surface area contributed by atoms with Gasteiger partial charge in [0, 0.05) is 30.4 Å². The summed E-state index contributed by atoms with van der Waals surface area (Å²) in [6.45, 7) is 7.62. The normalized spacial score (nSPS) is 20.7. The number of fused-ring (bicyclic) bond motifs is 4. The van der Waals surface area contributed by atoms with Crippen LogP contribution in [0.4, 0.5) is 9.59 Å². The summed E-state index contributed by atoms with van der Waals surface area (Å²) >= 11 is 0. The van der Waals surface area contributed by atoms with E-state index in [-0.39, 0.29) is 24.1 Å². The molecule has 4 aromatic rings. The Morgan fingerprint density at radius 3 is 2.28 bits per heavy atom. The molecule has 2 aromatic carbocycles.